The number of hydrogen-bond acceptors (Lipinski definition) is 4. The number of rotatable bonds is 6. The van der Waals surface area contributed by atoms with E-state index in [4.69, 9.17) is 21.1 Å². The molecule has 164 valence electrons. The second kappa shape index (κ2) is 10.3. The number of amides is 2. The molecule has 0 saturated carbocycles. The molecule has 2 amide bonds. The second-order valence-electron chi connectivity index (χ2n) is 7.31. The summed E-state index contributed by atoms with van der Waals surface area (Å²) in [4.78, 5) is 27.2. The van der Waals surface area contributed by atoms with Crippen molar-refractivity contribution >= 4 is 29.1 Å². The molecule has 1 heterocycles. The van der Waals surface area contributed by atoms with Crippen LogP contribution in [0.1, 0.15) is 26.3 Å². The van der Waals surface area contributed by atoms with Crippen LogP contribution in [-0.2, 0) is 11.3 Å². The van der Waals surface area contributed by atoms with Crippen LogP contribution in [0.4, 0.5) is 5.69 Å². The third-order valence-corrected chi connectivity index (χ3v) is 5.53. The minimum atomic E-state index is -0.299. The molecule has 0 bridgehead atoms. The molecule has 3 aromatic carbocycles. The van der Waals surface area contributed by atoms with Gasteiger partial charge in [-0.2, -0.15) is 0 Å². The minimum Gasteiger partial charge on any atom is -0.488 e. The Morgan fingerprint density at radius 2 is 1.62 bits per heavy atom. The quantitative estimate of drug-likeness (QED) is 0.594. The Morgan fingerprint density at radius 1 is 0.938 bits per heavy atom. The molecule has 0 aliphatic carbocycles. The number of nitrogens with one attached hydrogen (secondary N) is 1. The molecule has 0 radical (unpaired) electrons. The number of nitrogens with zero attached hydrogens (tertiary/aromatic N) is 1. The van der Waals surface area contributed by atoms with Crippen molar-refractivity contribution < 1.29 is 19.1 Å². The number of morpholine rings is 1. The Kier molecular flexibility index (Phi) is 7.04. The van der Waals surface area contributed by atoms with Crippen LogP contribution < -0.4 is 10.1 Å². The highest BCUT2D eigenvalue weighted by Gasteiger charge is 2.19. The Bertz CT molecular complexity index is 1100. The zero-order valence-electron chi connectivity index (χ0n) is 17.4. The highest BCUT2D eigenvalue weighted by molar-refractivity contribution is 6.31. The lowest BCUT2D eigenvalue weighted by atomic mass is 10.1. The van der Waals surface area contributed by atoms with Gasteiger partial charge in [0, 0.05) is 34.9 Å². The van der Waals surface area contributed by atoms with Gasteiger partial charge in [0.05, 0.1) is 18.8 Å². The maximum absolute atomic E-state index is 12.9. The van der Waals surface area contributed by atoms with Crippen LogP contribution in [0.5, 0.6) is 5.75 Å². The van der Waals surface area contributed by atoms with Gasteiger partial charge in [0.1, 0.15) is 12.4 Å². The van der Waals surface area contributed by atoms with Crippen LogP contribution >= 0.6 is 11.6 Å². The zero-order valence-corrected chi connectivity index (χ0v) is 18.2. The summed E-state index contributed by atoms with van der Waals surface area (Å²) in [5.74, 6) is 0.126. The molecule has 1 saturated heterocycles. The predicted octanol–water partition coefficient (Wildman–Crippen LogP) is 4.64. The van der Waals surface area contributed by atoms with Crippen LogP contribution in [0.15, 0.2) is 72.8 Å². The van der Waals surface area contributed by atoms with E-state index >= 15 is 0 Å². The maximum atomic E-state index is 12.9. The Morgan fingerprint density at radius 3 is 2.38 bits per heavy atom. The molecule has 4 rings (SSSR count). The Balaban J connectivity index is 1.41. The molecular formula is C25H23ClN2O4. The van der Waals surface area contributed by atoms with E-state index in [1.807, 2.05) is 24.3 Å². The molecule has 32 heavy (non-hydrogen) atoms. The topological polar surface area (TPSA) is 67.9 Å². The first-order valence-corrected chi connectivity index (χ1v) is 10.7. The largest absolute Gasteiger partial charge is 0.488 e. The predicted molar refractivity (Wildman–Crippen MR) is 123 cm³/mol. The van der Waals surface area contributed by atoms with Crippen LogP contribution in [0, 0.1) is 0 Å². The zero-order chi connectivity index (χ0) is 22.3. The van der Waals surface area contributed by atoms with E-state index in [1.165, 1.54) is 0 Å². The fourth-order valence-electron chi connectivity index (χ4n) is 3.39. The van der Waals surface area contributed by atoms with E-state index < -0.39 is 0 Å². The fraction of sp³-hybridized carbons (Fsp3) is 0.200. The fourth-order valence-corrected chi connectivity index (χ4v) is 3.58. The van der Waals surface area contributed by atoms with E-state index in [-0.39, 0.29) is 18.4 Å². The summed E-state index contributed by atoms with van der Waals surface area (Å²) in [5, 5.41) is 3.48. The second-order valence-corrected chi connectivity index (χ2v) is 7.72. The highest BCUT2D eigenvalue weighted by atomic mass is 35.5. The van der Waals surface area contributed by atoms with Crippen molar-refractivity contribution in [3.8, 4) is 5.75 Å². The first kappa shape index (κ1) is 21.9. The van der Waals surface area contributed by atoms with Gasteiger partial charge in [-0.3, -0.25) is 9.59 Å². The molecular weight excluding hydrogens is 428 g/mol. The van der Waals surface area contributed by atoms with Crippen molar-refractivity contribution in [1.29, 1.82) is 0 Å². The number of para-hydroxylation sites is 1. The monoisotopic (exact) mass is 450 g/mol. The number of carbonyl (C=O) groups is 2. The van der Waals surface area contributed by atoms with E-state index in [0.29, 0.717) is 53.9 Å². The maximum Gasteiger partial charge on any atom is 0.259 e. The third-order valence-electron chi connectivity index (χ3n) is 5.16. The average Bonchev–Trinajstić information content (AvgIpc) is 2.84. The lowest BCUT2D eigenvalue weighted by Gasteiger charge is -2.26. The molecule has 1 N–H and O–H groups in total. The van der Waals surface area contributed by atoms with Crippen molar-refractivity contribution in [3.63, 3.8) is 0 Å². The van der Waals surface area contributed by atoms with E-state index in [0.717, 1.165) is 5.56 Å². The van der Waals surface area contributed by atoms with E-state index in [9.17, 15) is 9.59 Å². The van der Waals surface area contributed by atoms with Gasteiger partial charge >= 0.3 is 0 Å². The lowest BCUT2D eigenvalue weighted by Crippen LogP contribution is -2.40. The molecule has 0 spiro atoms. The van der Waals surface area contributed by atoms with E-state index in [1.54, 1.807) is 53.4 Å². The first-order chi connectivity index (χ1) is 15.6. The molecule has 6 nitrogen and oxygen atoms in total. The van der Waals surface area contributed by atoms with Crippen molar-refractivity contribution in [2.75, 3.05) is 31.6 Å². The van der Waals surface area contributed by atoms with Crippen molar-refractivity contribution in [1.82, 2.24) is 4.90 Å². The Labute approximate surface area is 191 Å². The molecule has 0 unspecified atom stereocenters. The van der Waals surface area contributed by atoms with Crippen LogP contribution in [0.3, 0.4) is 0 Å². The molecule has 0 atom stereocenters. The molecule has 1 fully saturated rings. The SMILES string of the molecule is O=C(Nc1ccc(C(=O)N2CCOCC2)cc1)c1ccccc1OCc1ccccc1Cl. The summed E-state index contributed by atoms with van der Waals surface area (Å²) in [7, 11) is 0. The van der Waals surface area contributed by atoms with Crippen molar-refractivity contribution in [2.24, 2.45) is 0 Å². The number of benzene rings is 3. The summed E-state index contributed by atoms with van der Waals surface area (Å²) >= 11 is 6.19. The highest BCUT2D eigenvalue weighted by Crippen LogP contribution is 2.23. The molecule has 1 aliphatic heterocycles. The lowest BCUT2D eigenvalue weighted by molar-refractivity contribution is 0.0303. The van der Waals surface area contributed by atoms with Gasteiger partial charge in [-0.25, -0.2) is 0 Å². The van der Waals surface area contributed by atoms with Gasteiger partial charge in [-0.15, -0.1) is 0 Å². The summed E-state index contributed by atoms with van der Waals surface area (Å²) < 4.78 is 11.2. The smallest absolute Gasteiger partial charge is 0.259 e. The van der Waals surface area contributed by atoms with Gasteiger partial charge in [0.25, 0.3) is 11.8 Å². The van der Waals surface area contributed by atoms with Gasteiger partial charge in [0.2, 0.25) is 0 Å². The molecule has 0 aromatic heterocycles. The van der Waals surface area contributed by atoms with Crippen LogP contribution in [-0.4, -0.2) is 43.0 Å². The summed E-state index contributed by atoms with van der Waals surface area (Å²) in [6.45, 7) is 2.53. The molecule has 7 heteroatoms. The van der Waals surface area contributed by atoms with Gasteiger partial charge in [0.15, 0.2) is 0 Å². The van der Waals surface area contributed by atoms with Crippen LogP contribution in [0.2, 0.25) is 5.02 Å². The first-order valence-electron chi connectivity index (χ1n) is 10.4. The number of carbonyl (C=O) groups excluding carboxylic acids is 2. The van der Waals surface area contributed by atoms with Crippen molar-refractivity contribution in [3.05, 3.63) is 94.5 Å². The minimum absolute atomic E-state index is 0.0375. The molecule has 3 aromatic rings. The standard InChI is InChI=1S/C25H23ClN2O4/c26-22-7-3-1-5-19(22)17-32-23-8-4-2-6-21(23)24(29)27-20-11-9-18(10-12-20)25(30)28-13-15-31-16-14-28/h1-12H,13-17H2,(H,27,29). The normalized spacial score (nSPS) is 13.5. The van der Waals surface area contributed by atoms with Gasteiger partial charge < -0.3 is 19.7 Å². The number of ether oxygens (including phenoxy) is 2. The van der Waals surface area contributed by atoms with Crippen molar-refractivity contribution in [2.45, 2.75) is 6.61 Å². The number of anilines is 1. The summed E-state index contributed by atoms with van der Waals surface area (Å²) in [6.07, 6.45) is 0. The third kappa shape index (κ3) is 5.28. The average molecular weight is 451 g/mol. The van der Waals surface area contributed by atoms with E-state index in [2.05, 4.69) is 5.32 Å². The van der Waals surface area contributed by atoms with Crippen LogP contribution in [0.25, 0.3) is 0 Å². The number of halogens is 1. The molecule has 1 aliphatic rings. The summed E-state index contributed by atoms with van der Waals surface area (Å²) in [5.41, 5.74) is 2.42. The summed E-state index contributed by atoms with van der Waals surface area (Å²) in [6, 6.07) is 21.3. The number of hydrogen-bond donors (Lipinski definition) is 1. The van der Waals surface area contributed by atoms with Gasteiger partial charge in [-0.1, -0.05) is 41.9 Å². The Hall–Kier alpha value is -3.35. The van der Waals surface area contributed by atoms with Gasteiger partial charge in [-0.05, 0) is 42.5 Å².